The summed E-state index contributed by atoms with van der Waals surface area (Å²) in [7, 11) is 0. The summed E-state index contributed by atoms with van der Waals surface area (Å²) in [5, 5.41) is 12.0. The SMILES string of the molecule is O=C(NCCc1ccncc1)C(NCCC1CCNCC1)c1cccs1. The maximum absolute atomic E-state index is 12.7. The maximum atomic E-state index is 12.7. The van der Waals surface area contributed by atoms with Crippen molar-refractivity contribution in [2.45, 2.75) is 31.7 Å². The highest BCUT2D eigenvalue weighted by Gasteiger charge is 2.21. The molecule has 2 aromatic heterocycles. The van der Waals surface area contributed by atoms with Crippen molar-refractivity contribution >= 4 is 17.2 Å². The normalized spacial score (nSPS) is 16.3. The van der Waals surface area contributed by atoms with E-state index in [0.29, 0.717) is 6.54 Å². The molecule has 2 aromatic rings. The molecule has 0 aromatic carbocycles. The standard InChI is InChI=1S/C20H28N4OS/c25-20(24-14-8-17-5-11-22-12-6-17)19(18-2-1-15-26-18)23-13-7-16-3-9-21-10-4-16/h1-2,5-6,11-12,15-16,19,21,23H,3-4,7-10,13-14H2,(H,24,25). The smallest absolute Gasteiger partial charge is 0.242 e. The zero-order valence-corrected chi connectivity index (χ0v) is 15.9. The first-order valence-electron chi connectivity index (χ1n) is 9.47. The van der Waals surface area contributed by atoms with Crippen molar-refractivity contribution in [3.63, 3.8) is 0 Å². The molecule has 0 aliphatic carbocycles. The second-order valence-electron chi connectivity index (χ2n) is 6.78. The minimum absolute atomic E-state index is 0.0619. The van der Waals surface area contributed by atoms with E-state index < -0.39 is 0 Å². The number of carbonyl (C=O) groups excluding carboxylic acids is 1. The third kappa shape index (κ3) is 5.90. The van der Waals surface area contributed by atoms with Gasteiger partial charge in [-0.15, -0.1) is 11.3 Å². The van der Waals surface area contributed by atoms with Gasteiger partial charge in [-0.3, -0.25) is 9.78 Å². The summed E-state index contributed by atoms with van der Waals surface area (Å²) in [5.74, 6) is 0.828. The van der Waals surface area contributed by atoms with Crippen LogP contribution in [0.2, 0.25) is 0 Å². The maximum Gasteiger partial charge on any atom is 0.242 e. The minimum atomic E-state index is -0.255. The van der Waals surface area contributed by atoms with Crippen molar-refractivity contribution in [3.8, 4) is 0 Å². The molecule has 0 saturated carbocycles. The number of carbonyl (C=O) groups is 1. The topological polar surface area (TPSA) is 66.0 Å². The molecule has 6 heteroatoms. The Labute approximate surface area is 159 Å². The molecule has 5 nitrogen and oxygen atoms in total. The molecule has 0 bridgehead atoms. The molecule has 26 heavy (non-hydrogen) atoms. The summed E-state index contributed by atoms with van der Waals surface area (Å²) in [5.41, 5.74) is 1.19. The largest absolute Gasteiger partial charge is 0.354 e. The van der Waals surface area contributed by atoms with E-state index in [1.807, 2.05) is 29.6 Å². The van der Waals surface area contributed by atoms with Crippen molar-refractivity contribution in [1.29, 1.82) is 0 Å². The van der Waals surface area contributed by atoms with Gasteiger partial charge in [0.2, 0.25) is 5.91 Å². The van der Waals surface area contributed by atoms with E-state index in [2.05, 4.69) is 20.9 Å². The van der Waals surface area contributed by atoms with Gasteiger partial charge in [0.1, 0.15) is 6.04 Å². The van der Waals surface area contributed by atoms with E-state index in [1.165, 1.54) is 18.4 Å². The molecule has 1 atom stereocenters. The van der Waals surface area contributed by atoms with Crippen molar-refractivity contribution in [2.75, 3.05) is 26.2 Å². The van der Waals surface area contributed by atoms with Gasteiger partial charge >= 0.3 is 0 Å². The molecule has 140 valence electrons. The quantitative estimate of drug-likeness (QED) is 0.633. The number of hydrogen-bond acceptors (Lipinski definition) is 5. The fourth-order valence-electron chi connectivity index (χ4n) is 3.36. The average Bonchev–Trinajstić information content (AvgIpc) is 3.21. The molecule has 3 N–H and O–H groups in total. The molecule has 1 fully saturated rings. The van der Waals surface area contributed by atoms with Gasteiger partial charge in [0, 0.05) is 23.8 Å². The first-order valence-corrected chi connectivity index (χ1v) is 10.3. The van der Waals surface area contributed by atoms with Crippen LogP contribution < -0.4 is 16.0 Å². The highest BCUT2D eigenvalue weighted by Crippen LogP contribution is 2.20. The molecular weight excluding hydrogens is 344 g/mol. The molecule has 1 aliphatic heterocycles. The van der Waals surface area contributed by atoms with Gasteiger partial charge in [0.15, 0.2) is 0 Å². The molecule has 0 radical (unpaired) electrons. The fraction of sp³-hybridized carbons (Fsp3) is 0.500. The number of aromatic nitrogens is 1. The Morgan fingerprint density at radius 2 is 2.04 bits per heavy atom. The molecule has 3 heterocycles. The van der Waals surface area contributed by atoms with Crippen molar-refractivity contribution in [1.82, 2.24) is 20.9 Å². The number of pyridine rings is 1. The zero-order chi connectivity index (χ0) is 18.0. The third-order valence-electron chi connectivity index (χ3n) is 4.91. The van der Waals surface area contributed by atoms with E-state index in [1.54, 1.807) is 23.7 Å². The van der Waals surface area contributed by atoms with E-state index in [9.17, 15) is 4.79 Å². The monoisotopic (exact) mass is 372 g/mol. The lowest BCUT2D eigenvalue weighted by Crippen LogP contribution is -2.39. The van der Waals surface area contributed by atoms with Gasteiger partial charge in [-0.1, -0.05) is 6.07 Å². The lowest BCUT2D eigenvalue weighted by Gasteiger charge is -2.24. The van der Waals surface area contributed by atoms with Crippen LogP contribution in [0.4, 0.5) is 0 Å². The van der Waals surface area contributed by atoms with Gasteiger partial charge in [0.25, 0.3) is 0 Å². The van der Waals surface area contributed by atoms with Crippen LogP contribution in [0.15, 0.2) is 42.0 Å². The predicted octanol–water partition coefficient (Wildman–Crippen LogP) is 2.52. The number of nitrogens with zero attached hydrogens (tertiary/aromatic N) is 1. The third-order valence-corrected chi connectivity index (χ3v) is 5.85. The fourth-order valence-corrected chi connectivity index (χ4v) is 4.16. The Morgan fingerprint density at radius 3 is 2.77 bits per heavy atom. The molecule has 1 unspecified atom stereocenters. The lowest BCUT2D eigenvalue weighted by molar-refractivity contribution is -0.123. The first kappa shape index (κ1) is 19.0. The van der Waals surface area contributed by atoms with Crippen LogP contribution in [0.25, 0.3) is 0 Å². The molecule has 0 spiro atoms. The van der Waals surface area contributed by atoms with Gasteiger partial charge in [-0.25, -0.2) is 0 Å². The first-order chi connectivity index (χ1) is 12.8. The summed E-state index contributed by atoms with van der Waals surface area (Å²) in [6.45, 7) is 3.76. The number of nitrogens with one attached hydrogen (secondary N) is 3. The van der Waals surface area contributed by atoms with Crippen molar-refractivity contribution < 1.29 is 4.79 Å². The number of thiophene rings is 1. The second kappa shape index (κ2) is 10.4. The highest BCUT2D eigenvalue weighted by atomic mass is 32.1. The van der Waals surface area contributed by atoms with Crippen LogP contribution in [0.5, 0.6) is 0 Å². The highest BCUT2D eigenvalue weighted by molar-refractivity contribution is 7.10. The van der Waals surface area contributed by atoms with Gasteiger partial charge in [-0.05, 0) is 80.4 Å². The summed E-state index contributed by atoms with van der Waals surface area (Å²) >= 11 is 1.63. The van der Waals surface area contributed by atoms with Crippen molar-refractivity contribution in [2.24, 2.45) is 5.92 Å². The predicted molar refractivity (Wildman–Crippen MR) is 106 cm³/mol. The number of amides is 1. The Balaban J connectivity index is 1.47. The van der Waals surface area contributed by atoms with E-state index in [-0.39, 0.29) is 11.9 Å². The van der Waals surface area contributed by atoms with Crippen LogP contribution in [-0.4, -0.2) is 37.1 Å². The minimum Gasteiger partial charge on any atom is -0.354 e. The van der Waals surface area contributed by atoms with Crippen LogP contribution >= 0.6 is 11.3 Å². The van der Waals surface area contributed by atoms with Gasteiger partial charge in [-0.2, -0.15) is 0 Å². The molecule has 1 saturated heterocycles. The van der Waals surface area contributed by atoms with Gasteiger partial charge in [0.05, 0.1) is 0 Å². The summed E-state index contributed by atoms with van der Waals surface area (Å²) in [6, 6.07) is 7.76. The summed E-state index contributed by atoms with van der Waals surface area (Å²) < 4.78 is 0. The molecular formula is C20H28N4OS. The van der Waals surface area contributed by atoms with E-state index in [4.69, 9.17) is 0 Å². The summed E-state index contributed by atoms with van der Waals surface area (Å²) in [6.07, 6.45) is 8.00. The molecule has 1 amide bonds. The van der Waals surface area contributed by atoms with Crippen LogP contribution in [-0.2, 0) is 11.2 Å². The van der Waals surface area contributed by atoms with Crippen LogP contribution in [0, 0.1) is 5.92 Å². The average molecular weight is 373 g/mol. The zero-order valence-electron chi connectivity index (χ0n) is 15.1. The molecule has 1 aliphatic rings. The Kier molecular flexibility index (Phi) is 7.61. The van der Waals surface area contributed by atoms with Crippen molar-refractivity contribution in [3.05, 3.63) is 52.5 Å². The molecule has 3 rings (SSSR count). The number of rotatable bonds is 9. The Hall–Kier alpha value is -1.76. The van der Waals surface area contributed by atoms with E-state index in [0.717, 1.165) is 43.3 Å². The van der Waals surface area contributed by atoms with Crippen LogP contribution in [0.3, 0.4) is 0 Å². The van der Waals surface area contributed by atoms with Gasteiger partial charge < -0.3 is 16.0 Å². The second-order valence-corrected chi connectivity index (χ2v) is 7.76. The number of hydrogen-bond donors (Lipinski definition) is 3. The Morgan fingerprint density at radius 1 is 1.23 bits per heavy atom. The summed E-state index contributed by atoms with van der Waals surface area (Å²) in [4.78, 5) is 17.8. The number of piperidine rings is 1. The van der Waals surface area contributed by atoms with E-state index >= 15 is 0 Å². The van der Waals surface area contributed by atoms with Crippen LogP contribution in [0.1, 0.15) is 35.7 Å². The lowest BCUT2D eigenvalue weighted by atomic mass is 9.94. The Bertz CT molecular complexity index is 641.